The number of hydrogen-bond acceptors (Lipinski definition) is 4. The van der Waals surface area contributed by atoms with Crippen molar-refractivity contribution >= 4 is 5.69 Å². The SMILES string of the molecule is CCC(C)(C(N)c1cnccc1N)N1CCCC1. The summed E-state index contributed by atoms with van der Waals surface area (Å²) in [6, 6.07) is 1.74. The maximum atomic E-state index is 6.50. The molecule has 4 N–H and O–H groups in total. The average Bonchev–Trinajstić information content (AvgIpc) is 2.92. The Kier molecular flexibility index (Phi) is 3.88. The van der Waals surface area contributed by atoms with Crippen molar-refractivity contribution in [2.24, 2.45) is 5.73 Å². The molecular formula is C14H24N4. The lowest BCUT2D eigenvalue weighted by molar-refractivity contribution is 0.100. The minimum Gasteiger partial charge on any atom is -0.398 e. The number of pyridine rings is 1. The van der Waals surface area contributed by atoms with Crippen LogP contribution >= 0.6 is 0 Å². The van der Waals surface area contributed by atoms with Crippen LogP contribution in [0.15, 0.2) is 18.5 Å². The highest BCUT2D eigenvalue weighted by molar-refractivity contribution is 5.47. The van der Waals surface area contributed by atoms with E-state index in [0.717, 1.165) is 30.8 Å². The summed E-state index contributed by atoms with van der Waals surface area (Å²) in [5, 5.41) is 0. The van der Waals surface area contributed by atoms with E-state index in [2.05, 4.69) is 23.7 Å². The van der Waals surface area contributed by atoms with Crippen LogP contribution in [-0.4, -0.2) is 28.5 Å². The third-order valence-corrected chi connectivity index (χ3v) is 4.44. The molecule has 1 fully saturated rings. The highest BCUT2D eigenvalue weighted by Crippen LogP contribution is 2.36. The molecule has 0 bridgehead atoms. The fourth-order valence-corrected chi connectivity index (χ4v) is 2.88. The molecule has 2 heterocycles. The van der Waals surface area contributed by atoms with Crippen molar-refractivity contribution in [1.29, 1.82) is 0 Å². The van der Waals surface area contributed by atoms with E-state index in [1.165, 1.54) is 12.8 Å². The molecule has 100 valence electrons. The second-order valence-corrected chi connectivity index (χ2v) is 5.39. The Morgan fingerprint density at radius 2 is 2.11 bits per heavy atom. The van der Waals surface area contributed by atoms with Crippen LogP contribution in [0.2, 0.25) is 0 Å². The Bertz CT molecular complexity index is 401. The zero-order chi connectivity index (χ0) is 13.2. The largest absolute Gasteiger partial charge is 0.398 e. The van der Waals surface area contributed by atoms with E-state index < -0.39 is 0 Å². The first-order valence-electron chi connectivity index (χ1n) is 6.79. The minimum atomic E-state index is -0.0886. The molecule has 0 spiro atoms. The molecule has 2 unspecified atom stereocenters. The molecule has 0 saturated carbocycles. The summed E-state index contributed by atoms with van der Waals surface area (Å²) in [4.78, 5) is 6.67. The average molecular weight is 248 g/mol. The molecule has 0 aliphatic carbocycles. The lowest BCUT2D eigenvalue weighted by atomic mass is 9.83. The molecule has 4 heteroatoms. The third-order valence-electron chi connectivity index (χ3n) is 4.44. The molecule has 2 rings (SSSR count). The van der Waals surface area contributed by atoms with Crippen molar-refractivity contribution in [3.63, 3.8) is 0 Å². The molecule has 18 heavy (non-hydrogen) atoms. The number of aromatic nitrogens is 1. The summed E-state index contributed by atoms with van der Waals surface area (Å²) in [6.45, 7) is 6.72. The number of nitrogens with zero attached hydrogens (tertiary/aromatic N) is 2. The second-order valence-electron chi connectivity index (χ2n) is 5.39. The Morgan fingerprint density at radius 1 is 1.44 bits per heavy atom. The topological polar surface area (TPSA) is 68.2 Å². The van der Waals surface area contributed by atoms with E-state index in [-0.39, 0.29) is 11.6 Å². The fourth-order valence-electron chi connectivity index (χ4n) is 2.88. The quantitative estimate of drug-likeness (QED) is 0.854. The first-order chi connectivity index (χ1) is 8.59. The van der Waals surface area contributed by atoms with Crippen LogP contribution in [0.4, 0.5) is 5.69 Å². The van der Waals surface area contributed by atoms with Gasteiger partial charge in [-0.05, 0) is 45.3 Å². The Balaban J connectivity index is 2.29. The molecule has 4 nitrogen and oxygen atoms in total. The zero-order valence-corrected chi connectivity index (χ0v) is 11.4. The predicted molar refractivity (Wildman–Crippen MR) is 75.1 cm³/mol. The maximum Gasteiger partial charge on any atom is 0.0515 e. The molecule has 0 amide bonds. The second kappa shape index (κ2) is 5.24. The van der Waals surface area contributed by atoms with E-state index in [0.29, 0.717) is 0 Å². The van der Waals surface area contributed by atoms with Crippen LogP contribution in [0, 0.1) is 0 Å². The molecule has 1 aliphatic heterocycles. The third kappa shape index (κ3) is 2.22. The first kappa shape index (κ1) is 13.3. The van der Waals surface area contributed by atoms with Gasteiger partial charge in [-0.2, -0.15) is 0 Å². The summed E-state index contributed by atoms with van der Waals surface area (Å²) in [7, 11) is 0. The van der Waals surface area contributed by atoms with Crippen molar-refractivity contribution < 1.29 is 0 Å². The van der Waals surface area contributed by atoms with Gasteiger partial charge in [-0.25, -0.2) is 0 Å². The smallest absolute Gasteiger partial charge is 0.0515 e. The van der Waals surface area contributed by atoms with Crippen LogP contribution in [-0.2, 0) is 0 Å². The molecule has 0 aromatic carbocycles. The fraction of sp³-hybridized carbons (Fsp3) is 0.643. The van der Waals surface area contributed by atoms with Crippen molar-refractivity contribution in [2.45, 2.75) is 44.7 Å². The van der Waals surface area contributed by atoms with Gasteiger partial charge in [0.2, 0.25) is 0 Å². The van der Waals surface area contributed by atoms with Gasteiger partial charge >= 0.3 is 0 Å². The first-order valence-corrected chi connectivity index (χ1v) is 6.79. The summed E-state index contributed by atoms with van der Waals surface area (Å²) >= 11 is 0. The van der Waals surface area contributed by atoms with E-state index in [9.17, 15) is 0 Å². The predicted octanol–water partition coefficient (Wildman–Crippen LogP) is 1.93. The minimum absolute atomic E-state index is 0.0341. The van der Waals surface area contributed by atoms with Crippen LogP contribution in [0.25, 0.3) is 0 Å². The number of nitrogens with two attached hydrogens (primary N) is 2. The highest BCUT2D eigenvalue weighted by atomic mass is 15.2. The van der Waals surface area contributed by atoms with Gasteiger partial charge in [-0.1, -0.05) is 6.92 Å². The monoisotopic (exact) mass is 248 g/mol. The number of rotatable bonds is 4. The van der Waals surface area contributed by atoms with Crippen molar-refractivity contribution in [2.75, 3.05) is 18.8 Å². The van der Waals surface area contributed by atoms with E-state index in [4.69, 9.17) is 11.5 Å². The number of nitrogen functional groups attached to an aromatic ring is 1. The molecule has 0 radical (unpaired) electrons. The van der Waals surface area contributed by atoms with Gasteiger partial charge in [0.1, 0.15) is 0 Å². The van der Waals surface area contributed by atoms with E-state index in [1.807, 2.05) is 12.3 Å². The van der Waals surface area contributed by atoms with Gasteiger partial charge in [0, 0.05) is 29.2 Å². The lowest BCUT2D eigenvalue weighted by Gasteiger charge is -2.43. The Hall–Kier alpha value is -1.13. The van der Waals surface area contributed by atoms with Crippen molar-refractivity contribution in [3.8, 4) is 0 Å². The standard InChI is InChI=1S/C14H24N4/c1-3-14(2,18-8-4-5-9-18)13(16)11-10-17-7-6-12(11)15/h6-7,10,13H,3-5,8-9,16H2,1-2H3,(H2,15,17). The summed E-state index contributed by atoms with van der Waals surface area (Å²) in [5.41, 5.74) is 14.2. The Labute approximate surface area is 109 Å². The number of hydrogen-bond donors (Lipinski definition) is 2. The van der Waals surface area contributed by atoms with Crippen molar-refractivity contribution in [3.05, 3.63) is 24.0 Å². The summed E-state index contributed by atoms with van der Waals surface area (Å²) in [5.74, 6) is 0. The maximum absolute atomic E-state index is 6.50. The summed E-state index contributed by atoms with van der Waals surface area (Å²) < 4.78 is 0. The molecular weight excluding hydrogens is 224 g/mol. The van der Waals surface area contributed by atoms with Gasteiger partial charge in [0.25, 0.3) is 0 Å². The highest BCUT2D eigenvalue weighted by Gasteiger charge is 2.38. The van der Waals surface area contributed by atoms with Crippen LogP contribution in [0.3, 0.4) is 0 Å². The molecule has 1 saturated heterocycles. The molecule has 1 aromatic rings. The van der Waals surface area contributed by atoms with Crippen LogP contribution in [0.1, 0.15) is 44.7 Å². The lowest BCUT2D eigenvalue weighted by Crippen LogP contribution is -2.52. The summed E-state index contributed by atoms with van der Waals surface area (Å²) in [6.07, 6.45) is 7.08. The molecule has 1 aliphatic rings. The van der Waals surface area contributed by atoms with Gasteiger partial charge in [-0.3, -0.25) is 9.88 Å². The molecule has 2 atom stereocenters. The van der Waals surface area contributed by atoms with E-state index in [1.54, 1.807) is 6.20 Å². The van der Waals surface area contributed by atoms with Crippen molar-refractivity contribution in [1.82, 2.24) is 9.88 Å². The van der Waals surface area contributed by atoms with Crippen LogP contribution in [0.5, 0.6) is 0 Å². The van der Waals surface area contributed by atoms with Gasteiger partial charge < -0.3 is 11.5 Å². The number of anilines is 1. The van der Waals surface area contributed by atoms with Gasteiger partial charge in [0.15, 0.2) is 0 Å². The normalized spacial score (nSPS) is 21.7. The van der Waals surface area contributed by atoms with Crippen LogP contribution < -0.4 is 11.5 Å². The van der Waals surface area contributed by atoms with E-state index >= 15 is 0 Å². The zero-order valence-electron chi connectivity index (χ0n) is 11.4. The van der Waals surface area contributed by atoms with Gasteiger partial charge in [-0.15, -0.1) is 0 Å². The number of likely N-dealkylation sites (tertiary alicyclic amines) is 1. The molecule has 1 aromatic heterocycles. The Morgan fingerprint density at radius 3 is 2.67 bits per heavy atom. The van der Waals surface area contributed by atoms with Gasteiger partial charge in [0.05, 0.1) is 6.04 Å².